The zero-order valence-electron chi connectivity index (χ0n) is 15.3. The van der Waals surface area contributed by atoms with E-state index in [-0.39, 0.29) is 29.6 Å². The molecule has 2 aliphatic carbocycles. The molecule has 0 saturated heterocycles. The fraction of sp³-hybridized carbons (Fsp3) is 0.700. The van der Waals surface area contributed by atoms with E-state index in [0.717, 1.165) is 31.3 Å². The van der Waals surface area contributed by atoms with E-state index in [9.17, 15) is 9.59 Å². The van der Waals surface area contributed by atoms with Gasteiger partial charge in [0.15, 0.2) is 0 Å². The van der Waals surface area contributed by atoms with E-state index in [1.807, 2.05) is 13.8 Å². The normalized spacial score (nSPS) is 39.2. The van der Waals surface area contributed by atoms with Gasteiger partial charge in [0.2, 0.25) is 0 Å². The molecule has 0 bridgehead atoms. The Morgan fingerprint density at radius 3 is 2.71 bits per heavy atom. The molecule has 2 fully saturated rings. The van der Waals surface area contributed by atoms with Gasteiger partial charge in [0.05, 0.1) is 0 Å². The van der Waals surface area contributed by atoms with E-state index in [0.29, 0.717) is 17.4 Å². The van der Waals surface area contributed by atoms with Gasteiger partial charge >= 0.3 is 11.9 Å². The molecule has 5 atom stereocenters. The molecule has 0 unspecified atom stereocenters. The maximum absolute atomic E-state index is 12.1. The molecule has 2 saturated carbocycles. The van der Waals surface area contributed by atoms with Crippen molar-refractivity contribution in [2.75, 3.05) is 0 Å². The van der Waals surface area contributed by atoms with Crippen LogP contribution in [0.5, 0.6) is 0 Å². The van der Waals surface area contributed by atoms with Gasteiger partial charge < -0.3 is 9.47 Å². The minimum Gasteiger partial charge on any atom is -0.459 e. The molecular formula is C20H28O4. The van der Waals surface area contributed by atoms with Crippen molar-refractivity contribution in [3.8, 4) is 0 Å². The van der Waals surface area contributed by atoms with Crippen LogP contribution in [0.1, 0.15) is 60.3 Å². The molecule has 0 aromatic heterocycles. The van der Waals surface area contributed by atoms with Gasteiger partial charge in [0.1, 0.15) is 12.2 Å². The number of ether oxygens (including phenoxy) is 2. The zero-order chi connectivity index (χ0) is 17.6. The van der Waals surface area contributed by atoms with E-state index < -0.39 is 0 Å². The van der Waals surface area contributed by atoms with Gasteiger partial charge in [-0.05, 0) is 69.3 Å². The minimum absolute atomic E-state index is 0.0378. The molecule has 0 spiro atoms. The van der Waals surface area contributed by atoms with E-state index in [1.165, 1.54) is 5.57 Å². The molecule has 1 aliphatic heterocycles. The second kappa shape index (κ2) is 6.05. The number of esters is 2. The van der Waals surface area contributed by atoms with E-state index in [4.69, 9.17) is 9.47 Å². The van der Waals surface area contributed by atoms with Crippen LogP contribution in [-0.2, 0) is 19.1 Å². The molecule has 132 valence electrons. The summed E-state index contributed by atoms with van der Waals surface area (Å²) in [6, 6.07) is 0. The molecule has 24 heavy (non-hydrogen) atoms. The van der Waals surface area contributed by atoms with Gasteiger partial charge in [-0.2, -0.15) is 0 Å². The summed E-state index contributed by atoms with van der Waals surface area (Å²) in [5.74, 6) is 0.490. The third kappa shape index (κ3) is 2.70. The monoisotopic (exact) mass is 332 g/mol. The fourth-order valence-corrected chi connectivity index (χ4v) is 4.66. The van der Waals surface area contributed by atoms with Crippen LogP contribution >= 0.6 is 0 Å². The molecule has 4 nitrogen and oxygen atoms in total. The number of carbonyl (C=O) groups is 2. The second-order valence-electron chi connectivity index (χ2n) is 8.03. The highest BCUT2D eigenvalue weighted by Crippen LogP contribution is 2.57. The maximum Gasteiger partial charge on any atom is 0.334 e. The molecular weight excluding hydrogens is 304 g/mol. The molecule has 0 radical (unpaired) electrons. The summed E-state index contributed by atoms with van der Waals surface area (Å²) in [7, 11) is 0. The predicted octanol–water partition coefficient (Wildman–Crippen LogP) is 3.95. The second-order valence-corrected chi connectivity index (χ2v) is 8.03. The van der Waals surface area contributed by atoms with Crippen LogP contribution in [0.15, 0.2) is 22.8 Å². The first-order valence-electron chi connectivity index (χ1n) is 9.00. The standard InChI is InChI=1S/C20H28O4/c1-6-11(2)18(21)23-15-7-12(3)20(5)10-16-13(4)19(22)24-17(16)9-14(20)8-15/h6,12,14-15,17H,7-10H2,1-5H3/b11-6+/t12-,14+,15+,17-,20+/m0/s1. The van der Waals surface area contributed by atoms with Crippen molar-refractivity contribution in [1.82, 2.24) is 0 Å². The molecule has 1 heterocycles. The van der Waals surface area contributed by atoms with Gasteiger partial charge in [0.25, 0.3) is 0 Å². The van der Waals surface area contributed by atoms with Crippen molar-refractivity contribution in [3.63, 3.8) is 0 Å². The van der Waals surface area contributed by atoms with Crippen LogP contribution in [0.2, 0.25) is 0 Å². The first kappa shape index (κ1) is 17.2. The van der Waals surface area contributed by atoms with Crippen LogP contribution in [0.4, 0.5) is 0 Å². The Hall–Kier alpha value is -1.58. The Labute approximate surface area is 144 Å². The van der Waals surface area contributed by atoms with Crippen LogP contribution in [0, 0.1) is 17.3 Å². The summed E-state index contributed by atoms with van der Waals surface area (Å²) in [6.07, 6.45) is 5.23. The first-order valence-corrected chi connectivity index (χ1v) is 9.00. The highest BCUT2D eigenvalue weighted by molar-refractivity contribution is 5.91. The summed E-state index contributed by atoms with van der Waals surface area (Å²) in [4.78, 5) is 24.0. The van der Waals surface area contributed by atoms with Crippen LogP contribution in [-0.4, -0.2) is 24.1 Å². The van der Waals surface area contributed by atoms with Gasteiger partial charge in [-0.3, -0.25) is 0 Å². The number of rotatable bonds is 2. The highest BCUT2D eigenvalue weighted by atomic mass is 16.6. The molecule has 3 rings (SSSR count). The molecule has 0 N–H and O–H groups in total. The lowest BCUT2D eigenvalue weighted by atomic mass is 9.54. The summed E-state index contributed by atoms with van der Waals surface area (Å²) in [6.45, 7) is 10.1. The van der Waals surface area contributed by atoms with Gasteiger partial charge in [-0.15, -0.1) is 0 Å². The van der Waals surface area contributed by atoms with Crippen molar-refractivity contribution in [3.05, 3.63) is 22.8 Å². The Bertz CT molecular complexity index is 630. The molecule has 3 aliphatic rings. The fourth-order valence-electron chi connectivity index (χ4n) is 4.66. The van der Waals surface area contributed by atoms with E-state index in [2.05, 4.69) is 13.8 Å². The Morgan fingerprint density at radius 1 is 1.33 bits per heavy atom. The maximum atomic E-state index is 12.1. The Balaban J connectivity index is 1.77. The van der Waals surface area contributed by atoms with Gasteiger partial charge in [0, 0.05) is 11.1 Å². The smallest absolute Gasteiger partial charge is 0.334 e. The zero-order valence-corrected chi connectivity index (χ0v) is 15.3. The number of allylic oxidation sites excluding steroid dienone is 1. The van der Waals surface area contributed by atoms with Crippen LogP contribution in [0.3, 0.4) is 0 Å². The lowest BCUT2D eigenvalue weighted by Crippen LogP contribution is -2.48. The third-order valence-electron chi connectivity index (χ3n) is 6.75. The average Bonchev–Trinajstić information content (AvgIpc) is 2.80. The lowest BCUT2D eigenvalue weighted by molar-refractivity contribution is -0.154. The summed E-state index contributed by atoms with van der Waals surface area (Å²) >= 11 is 0. The lowest BCUT2D eigenvalue weighted by Gasteiger charge is -2.52. The van der Waals surface area contributed by atoms with E-state index in [1.54, 1.807) is 13.0 Å². The van der Waals surface area contributed by atoms with E-state index >= 15 is 0 Å². The number of hydrogen-bond acceptors (Lipinski definition) is 4. The molecule has 0 aromatic rings. The number of hydrogen-bond donors (Lipinski definition) is 0. The number of carbonyl (C=O) groups excluding carboxylic acids is 2. The summed E-state index contributed by atoms with van der Waals surface area (Å²) in [5, 5.41) is 0. The van der Waals surface area contributed by atoms with Crippen molar-refractivity contribution in [2.45, 2.75) is 72.5 Å². The summed E-state index contributed by atoms with van der Waals surface area (Å²) < 4.78 is 11.3. The molecule has 0 amide bonds. The van der Waals surface area contributed by atoms with Gasteiger partial charge in [-0.1, -0.05) is 19.9 Å². The van der Waals surface area contributed by atoms with Crippen molar-refractivity contribution in [1.29, 1.82) is 0 Å². The topological polar surface area (TPSA) is 52.6 Å². The Kier molecular flexibility index (Phi) is 4.35. The summed E-state index contributed by atoms with van der Waals surface area (Å²) in [5.41, 5.74) is 2.82. The number of fused-ring (bicyclic) bond motifs is 2. The van der Waals surface area contributed by atoms with Crippen molar-refractivity contribution >= 4 is 11.9 Å². The largest absolute Gasteiger partial charge is 0.459 e. The molecule has 4 heteroatoms. The van der Waals surface area contributed by atoms with Crippen molar-refractivity contribution in [2.24, 2.45) is 17.3 Å². The average molecular weight is 332 g/mol. The van der Waals surface area contributed by atoms with Crippen molar-refractivity contribution < 1.29 is 19.1 Å². The SMILES string of the molecule is C/C=C(\C)C(=O)O[C@H]1C[C@@H]2C[C@@H]3OC(=O)C(C)=C3C[C@]2(C)[C@@H](C)C1. The highest BCUT2D eigenvalue weighted by Gasteiger charge is 2.53. The third-order valence-corrected chi connectivity index (χ3v) is 6.75. The van der Waals surface area contributed by atoms with Crippen LogP contribution < -0.4 is 0 Å². The van der Waals surface area contributed by atoms with Crippen LogP contribution in [0.25, 0.3) is 0 Å². The predicted molar refractivity (Wildman–Crippen MR) is 91.1 cm³/mol. The molecule has 0 aromatic carbocycles. The van der Waals surface area contributed by atoms with Gasteiger partial charge in [-0.25, -0.2) is 9.59 Å². The quantitative estimate of drug-likeness (QED) is 0.567. The minimum atomic E-state index is -0.210. The Morgan fingerprint density at radius 2 is 2.04 bits per heavy atom. The first-order chi connectivity index (χ1) is 11.3.